The first-order valence-corrected chi connectivity index (χ1v) is 22.7. The molecule has 0 fully saturated rings. The van der Waals surface area contributed by atoms with Gasteiger partial charge in [0, 0.05) is 12.8 Å². The summed E-state index contributed by atoms with van der Waals surface area (Å²) in [5, 5.41) is 19.8. The molecule has 0 radical (unpaired) electrons. The van der Waals surface area contributed by atoms with Crippen molar-refractivity contribution in [1.82, 2.24) is 0 Å². The van der Waals surface area contributed by atoms with Crippen molar-refractivity contribution in [3.8, 4) is 0 Å². The van der Waals surface area contributed by atoms with Crippen molar-refractivity contribution in [2.75, 3.05) is 13.2 Å². The number of esters is 2. The van der Waals surface area contributed by atoms with E-state index in [4.69, 9.17) is 9.47 Å². The fourth-order valence-corrected chi connectivity index (χ4v) is 6.31. The lowest BCUT2D eigenvalue weighted by molar-refractivity contribution is -0.152. The van der Waals surface area contributed by atoms with E-state index in [1.807, 2.05) is 12.2 Å². The second-order valence-electron chi connectivity index (χ2n) is 15.6. The molecule has 0 bridgehead atoms. The van der Waals surface area contributed by atoms with Crippen molar-refractivity contribution < 1.29 is 29.3 Å². The highest BCUT2D eigenvalue weighted by Crippen LogP contribution is 2.17. The minimum atomic E-state index is -0.997. The van der Waals surface area contributed by atoms with E-state index in [0.29, 0.717) is 19.3 Å². The predicted molar refractivity (Wildman–Crippen MR) is 230 cm³/mol. The normalized spacial score (nSPS) is 13.8. The number of aliphatic hydroxyl groups is 2. The third-order valence-corrected chi connectivity index (χ3v) is 10.2. The Morgan fingerprint density at radius 2 is 0.907 bits per heavy atom. The van der Waals surface area contributed by atoms with Gasteiger partial charge >= 0.3 is 11.9 Å². The summed E-state index contributed by atoms with van der Waals surface area (Å²) >= 11 is 0. The summed E-state index contributed by atoms with van der Waals surface area (Å²) in [5.74, 6) is 0.265. The predicted octanol–water partition coefficient (Wildman–Crippen LogP) is 13.4. The molecular formula is C48H86O6. The van der Waals surface area contributed by atoms with E-state index in [2.05, 4.69) is 57.2 Å². The van der Waals surface area contributed by atoms with Gasteiger partial charge in [-0.05, 0) is 50.9 Å². The molecule has 0 amide bonds. The minimum Gasteiger partial charge on any atom is -0.463 e. The molecule has 3 atom stereocenters. The van der Waals surface area contributed by atoms with E-state index >= 15 is 0 Å². The summed E-state index contributed by atoms with van der Waals surface area (Å²) in [6, 6.07) is 0. The van der Waals surface area contributed by atoms with Crippen LogP contribution < -0.4 is 0 Å². The second-order valence-corrected chi connectivity index (χ2v) is 15.6. The van der Waals surface area contributed by atoms with E-state index in [9.17, 15) is 19.8 Å². The Balaban J connectivity index is 3.50. The molecule has 0 aromatic heterocycles. The van der Waals surface area contributed by atoms with E-state index in [-0.39, 0.29) is 31.3 Å². The molecule has 0 aromatic rings. The number of aliphatic hydroxyl groups excluding tert-OH is 2. The molecule has 6 nitrogen and oxygen atoms in total. The lowest BCUT2D eigenvalue weighted by Crippen LogP contribution is -2.25. The van der Waals surface area contributed by atoms with Gasteiger partial charge in [0.1, 0.15) is 19.3 Å². The van der Waals surface area contributed by atoms with Gasteiger partial charge in [0.05, 0.1) is 6.10 Å². The highest BCUT2D eigenvalue weighted by Gasteiger charge is 2.12. The number of carbonyl (C=O) groups excluding carboxylic acids is 2. The zero-order valence-corrected chi connectivity index (χ0v) is 35.5. The van der Waals surface area contributed by atoms with E-state index < -0.39 is 6.10 Å². The first kappa shape index (κ1) is 51.8. The molecule has 0 heterocycles. The lowest BCUT2D eigenvalue weighted by atomic mass is 9.99. The second kappa shape index (κ2) is 42.0. The Labute approximate surface area is 333 Å². The van der Waals surface area contributed by atoms with Crippen LogP contribution in [-0.2, 0) is 19.1 Å². The average molecular weight is 759 g/mol. The SMILES string of the molecule is CCCC[C@H](O)/C=C\C/C=C\C/C=C\C/C=C\CCCC(=O)OC[C@@H](O)COC(=O)CCCCCCCCCCCCCCCCCCCCC(C)CC. The van der Waals surface area contributed by atoms with Gasteiger partial charge in [0.2, 0.25) is 0 Å². The Bertz CT molecular complexity index is 937. The molecule has 1 unspecified atom stereocenters. The molecule has 0 spiro atoms. The third-order valence-electron chi connectivity index (χ3n) is 10.2. The minimum absolute atomic E-state index is 0.142. The first-order chi connectivity index (χ1) is 26.4. The molecule has 0 saturated carbocycles. The fraction of sp³-hybridized carbons (Fsp3) is 0.792. The van der Waals surface area contributed by atoms with E-state index in [1.165, 1.54) is 109 Å². The van der Waals surface area contributed by atoms with Crippen LogP contribution in [0, 0.1) is 5.92 Å². The first-order valence-electron chi connectivity index (χ1n) is 22.7. The monoisotopic (exact) mass is 759 g/mol. The summed E-state index contributed by atoms with van der Waals surface area (Å²) in [7, 11) is 0. The van der Waals surface area contributed by atoms with Gasteiger partial charge in [0.15, 0.2) is 0 Å². The van der Waals surface area contributed by atoms with Crippen LogP contribution in [0.1, 0.15) is 213 Å². The summed E-state index contributed by atoms with van der Waals surface area (Å²) in [5.41, 5.74) is 0. The van der Waals surface area contributed by atoms with E-state index in [0.717, 1.165) is 70.1 Å². The van der Waals surface area contributed by atoms with Gasteiger partial charge < -0.3 is 19.7 Å². The zero-order valence-electron chi connectivity index (χ0n) is 35.5. The molecule has 314 valence electrons. The summed E-state index contributed by atoms with van der Waals surface area (Å²) in [6.07, 6.45) is 49.4. The number of unbranched alkanes of at least 4 members (excludes halogenated alkanes) is 19. The Morgan fingerprint density at radius 3 is 1.37 bits per heavy atom. The Morgan fingerprint density at radius 1 is 0.500 bits per heavy atom. The molecule has 6 heteroatoms. The maximum atomic E-state index is 12.0. The van der Waals surface area contributed by atoms with Crippen LogP contribution >= 0.6 is 0 Å². The van der Waals surface area contributed by atoms with Crippen LogP contribution in [0.2, 0.25) is 0 Å². The number of hydrogen-bond donors (Lipinski definition) is 2. The van der Waals surface area contributed by atoms with Gasteiger partial charge in [-0.3, -0.25) is 9.59 Å². The molecule has 54 heavy (non-hydrogen) atoms. The van der Waals surface area contributed by atoms with Gasteiger partial charge in [-0.1, -0.05) is 204 Å². The van der Waals surface area contributed by atoms with Crippen LogP contribution in [0.25, 0.3) is 0 Å². The molecule has 0 aliphatic rings. The van der Waals surface area contributed by atoms with Crippen molar-refractivity contribution in [3.63, 3.8) is 0 Å². The fourth-order valence-electron chi connectivity index (χ4n) is 6.31. The molecule has 2 N–H and O–H groups in total. The number of allylic oxidation sites excluding steroid dienone is 7. The number of ether oxygens (including phenoxy) is 2. The number of carbonyl (C=O) groups is 2. The zero-order chi connectivity index (χ0) is 39.6. The molecular weight excluding hydrogens is 673 g/mol. The third kappa shape index (κ3) is 41.0. The van der Waals surface area contributed by atoms with Crippen molar-refractivity contribution in [1.29, 1.82) is 0 Å². The molecule has 0 aliphatic carbocycles. The molecule has 0 rings (SSSR count). The van der Waals surface area contributed by atoms with Gasteiger partial charge in [-0.2, -0.15) is 0 Å². The maximum Gasteiger partial charge on any atom is 0.305 e. The highest BCUT2D eigenvalue weighted by molar-refractivity contribution is 5.69. The summed E-state index contributed by atoms with van der Waals surface area (Å²) in [4.78, 5) is 24.0. The number of rotatable bonds is 40. The molecule has 0 aromatic carbocycles. The van der Waals surface area contributed by atoms with Gasteiger partial charge in [0.25, 0.3) is 0 Å². The lowest BCUT2D eigenvalue weighted by Gasteiger charge is -2.12. The quantitative estimate of drug-likeness (QED) is 0.0367. The van der Waals surface area contributed by atoms with Crippen molar-refractivity contribution in [2.45, 2.75) is 226 Å². The largest absolute Gasteiger partial charge is 0.463 e. The van der Waals surface area contributed by atoms with Crippen LogP contribution in [0.15, 0.2) is 48.6 Å². The molecule has 0 aliphatic heterocycles. The van der Waals surface area contributed by atoms with Gasteiger partial charge in [-0.25, -0.2) is 0 Å². The van der Waals surface area contributed by atoms with E-state index in [1.54, 1.807) is 0 Å². The van der Waals surface area contributed by atoms with Crippen molar-refractivity contribution in [3.05, 3.63) is 48.6 Å². The van der Waals surface area contributed by atoms with Gasteiger partial charge in [-0.15, -0.1) is 0 Å². The maximum absolute atomic E-state index is 12.0. The standard InChI is InChI=1S/C48H86O6/c1-4-6-38-45(49)39-34-30-26-22-18-15-16-20-24-28-32-36-41-48(52)54-43-46(50)42-53-47(51)40-35-31-27-23-19-14-12-10-8-7-9-11-13-17-21-25-29-33-37-44(3)5-2/h15-16,22,24,26,28,34,39,44-46,49-50H,4-14,17-21,23,25,27,29-33,35-38,40-43H2,1-3H3/b16-15-,26-22-,28-24-,39-34-/t44?,45-,46-/m0/s1. The van der Waals surface area contributed by atoms with Crippen LogP contribution in [-0.4, -0.2) is 47.6 Å². The van der Waals surface area contributed by atoms with Crippen molar-refractivity contribution in [2.24, 2.45) is 5.92 Å². The van der Waals surface area contributed by atoms with Crippen LogP contribution in [0.5, 0.6) is 0 Å². The Hall–Kier alpha value is -2.18. The number of hydrogen-bond acceptors (Lipinski definition) is 6. The Kier molecular flexibility index (Phi) is 40.3. The average Bonchev–Trinajstić information content (AvgIpc) is 3.17. The van der Waals surface area contributed by atoms with Crippen molar-refractivity contribution >= 4 is 11.9 Å². The van der Waals surface area contributed by atoms with Crippen LogP contribution in [0.4, 0.5) is 0 Å². The molecule has 0 saturated heterocycles. The summed E-state index contributed by atoms with van der Waals surface area (Å²) < 4.78 is 10.3. The summed E-state index contributed by atoms with van der Waals surface area (Å²) in [6.45, 7) is 6.51. The topological polar surface area (TPSA) is 93.1 Å². The highest BCUT2D eigenvalue weighted by atomic mass is 16.6. The smallest absolute Gasteiger partial charge is 0.305 e. The van der Waals surface area contributed by atoms with Crippen LogP contribution in [0.3, 0.4) is 0 Å².